The minimum absolute atomic E-state index is 0.323. The van der Waals surface area contributed by atoms with E-state index >= 15 is 0 Å². The second-order valence-electron chi connectivity index (χ2n) is 7.12. The van der Waals surface area contributed by atoms with Gasteiger partial charge in [0.15, 0.2) is 24.7 Å². The van der Waals surface area contributed by atoms with Crippen molar-refractivity contribution in [2.75, 3.05) is 26.4 Å². The molecular formula is C25H29ClN2O7. The molecular weight excluding hydrogens is 476 g/mol. The quantitative estimate of drug-likeness (QED) is 0.185. The van der Waals surface area contributed by atoms with E-state index < -0.39 is 24.4 Å². The number of carbonyl (C=O) groups excluding carboxylic acids is 3. The van der Waals surface area contributed by atoms with E-state index in [0.717, 1.165) is 12.8 Å². The second kappa shape index (κ2) is 15.2. The molecule has 0 unspecified atom stereocenters. The Balaban J connectivity index is 1.73. The molecule has 0 radical (unpaired) electrons. The molecule has 2 N–H and O–H groups in total. The van der Waals surface area contributed by atoms with Crippen LogP contribution in [0.4, 0.5) is 0 Å². The summed E-state index contributed by atoms with van der Waals surface area (Å²) < 4.78 is 21.5. The molecule has 0 fully saturated rings. The molecule has 0 atom stereocenters. The highest BCUT2D eigenvalue weighted by Gasteiger charge is 2.09. The lowest BCUT2D eigenvalue weighted by atomic mass is 10.2. The number of amides is 2. The molecule has 0 aliphatic heterocycles. The summed E-state index contributed by atoms with van der Waals surface area (Å²) in [7, 11) is 0. The van der Waals surface area contributed by atoms with Crippen molar-refractivity contribution in [1.82, 2.24) is 10.9 Å². The molecule has 2 aromatic carbocycles. The number of ether oxygens (including phenoxy) is 4. The smallest absolute Gasteiger partial charge is 0.331 e. The lowest BCUT2D eigenvalue weighted by Gasteiger charge is -2.12. The van der Waals surface area contributed by atoms with Crippen LogP contribution in [0.1, 0.15) is 32.3 Å². The van der Waals surface area contributed by atoms with Gasteiger partial charge in [0.25, 0.3) is 11.8 Å². The van der Waals surface area contributed by atoms with Crippen LogP contribution in [0.15, 0.2) is 48.5 Å². The summed E-state index contributed by atoms with van der Waals surface area (Å²) in [6.45, 7) is 4.12. The Labute approximate surface area is 209 Å². The summed E-state index contributed by atoms with van der Waals surface area (Å²) >= 11 is 5.77. The van der Waals surface area contributed by atoms with Crippen LogP contribution in [0.2, 0.25) is 5.02 Å². The number of hydrogen-bond donors (Lipinski definition) is 2. The molecule has 0 saturated carbocycles. The first-order chi connectivity index (χ1) is 16.9. The van der Waals surface area contributed by atoms with Gasteiger partial charge in [-0.3, -0.25) is 20.4 Å². The highest BCUT2D eigenvalue weighted by Crippen LogP contribution is 2.29. The fourth-order valence-corrected chi connectivity index (χ4v) is 2.71. The van der Waals surface area contributed by atoms with Crippen LogP contribution in [0.5, 0.6) is 17.2 Å². The van der Waals surface area contributed by atoms with Crippen molar-refractivity contribution in [3.63, 3.8) is 0 Å². The molecule has 2 rings (SSSR count). The zero-order valence-corrected chi connectivity index (χ0v) is 20.4. The van der Waals surface area contributed by atoms with Crippen LogP contribution >= 0.6 is 11.6 Å². The van der Waals surface area contributed by atoms with Gasteiger partial charge in [-0.2, -0.15) is 0 Å². The number of carbonyl (C=O) groups is 3. The largest absolute Gasteiger partial charge is 0.490 e. The van der Waals surface area contributed by atoms with Crippen LogP contribution in [-0.4, -0.2) is 44.2 Å². The third-order valence-electron chi connectivity index (χ3n) is 4.31. The van der Waals surface area contributed by atoms with Gasteiger partial charge in [0.1, 0.15) is 5.75 Å². The summed E-state index contributed by atoms with van der Waals surface area (Å²) in [4.78, 5) is 35.5. The molecule has 0 aliphatic rings. The topological polar surface area (TPSA) is 112 Å². The van der Waals surface area contributed by atoms with Crippen molar-refractivity contribution in [3.8, 4) is 17.2 Å². The monoisotopic (exact) mass is 504 g/mol. The van der Waals surface area contributed by atoms with Gasteiger partial charge >= 0.3 is 5.97 Å². The molecule has 0 bridgehead atoms. The SMILES string of the molecule is CCCCOc1ccc(/C=C/C(=O)OCC(=O)NNC(=O)COc2ccc(Cl)cc2)cc1OCC. The Morgan fingerprint density at radius 3 is 2.29 bits per heavy atom. The van der Waals surface area contributed by atoms with E-state index in [2.05, 4.69) is 17.8 Å². The Hall–Kier alpha value is -3.72. The lowest BCUT2D eigenvalue weighted by Crippen LogP contribution is -2.45. The molecule has 35 heavy (non-hydrogen) atoms. The summed E-state index contributed by atoms with van der Waals surface area (Å²) in [6, 6.07) is 11.8. The van der Waals surface area contributed by atoms with E-state index in [1.165, 1.54) is 12.2 Å². The summed E-state index contributed by atoms with van der Waals surface area (Å²) in [5.41, 5.74) is 5.00. The number of halogens is 1. The predicted octanol–water partition coefficient (Wildman–Crippen LogP) is 3.70. The second-order valence-corrected chi connectivity index (χ2v) is 7.56. The zero-order valence-electron chi connectivity index (χ0n) is 19.7. The number of nitrogens with one attached hydrogen (secondary N) is 2. The van der Waals surface area contributed by atoms with E-state index in [1.54, 1.807) is 42.5 Å². The number of hydrazine groups is 1. The number of rotatable bonds is 13. The Kier molecular flexibility index (Phi) is 12.0. The van der Waals surface area contributed by atoms with Crippen LogP contribution in [-0.2, 0) is 19.1 Å². The molecule has 10 heteroatoms. The van der Waals surface area contributed by atoms with Gasteiger partial charge in [0, 0.05) is 11.1 Å². The molecule has 2 amide bonds. The molecule has 0 saturated heterocycles. The Bertz CT molecular complexity index is 1010. The number of benzene rings is 2. The molecule has 0 heterocycles. The van der Waals surface area contributed by atoms with Crippen LogP contribution in [0, 0.1) is 0 Å². The van der Waals surface area contributed by atoms with Crippen LogP contribution in [0.25, 0.3) is 6.08 Å². The number of hydrogen-bond acceptors (Lipinski definition) is 7. The van der Waals surface area contributed by atoms with Gasteiger partial charge < -0.3 is 18.9 Å². The summed E-state index contributed by atoms with van der Waals surface area (Å²) in [5, 5.41) is 0.541. The minimum Gasteiger partial charge on any atom is -0.490 e. The van der Waals surface area contributed by atoms with Crippen LogP contribution < -0.4 is 25.1 Å². The van der Waals surface area contributed by atoms with Crippen LogP contribution in [0.3, 0.4) is 0 Å². The van der Waals surface area contributed by atoms with Crippen molar-refractivity contribution < 1.29 is 33.3 Å². The maximum atomic E-state index is 11.9. The maximum absolute atomic E-state index is 11.9. The normalized spacial score (nSPS) is 10.5. The number of esters is 1. The minimum atomic E-state index is -0.723. The first-order valence-corrected chi connectivity index (χ1v) is 11.5. The third-order valence-corrected chi connectivity index (χ3v) is 4.56. The third kappa shape index (κ3) is 10.8. The summed E-state index contributed by atoms with van der Waals surface area (Å²) in [5.74, 6) is -0.362. The van der Waals surface area contributed by atoms with Gasteiger partial charge in [-0.15, -0.1) is 0 Å². The van der Waals surface area contributed by atoms with E-state index in [-0.39, 0.29) is 6.61 Å². The first kappa shape index (κ1) is 27.5. The highest BCUT2D eigenvalue weighted by molar-refractivity contribution is 6.30. The van der Waals surface area contributed by atoms with Crippen molar-refractivity contribution in [2.24, 2.45) is 0 Å². The van der Waals surface area contributed by atoms with E-state index in [9.17, 15) is 14.4 Å². The van der Waals surface area contributed by atoms with Crippen molar-refractivity contribution in [3.05, 3.63) is 59.1 Å². The van der Waals surface area contributed by atoms with Gasteiger partial charge in [-0.25, -0.2) is 4.79 Å². The average molecular weight is 505 g/mol. The van der Waals surface area contributed by atoms with Gasteiger partial charge in [-0.05, 0) is 61.4 Å². The van der Waals surface area contributed by atoms with E-state index in [0.29, 0.717) is 41.0 Å². The molecule has 9 nitrogen and oxygen atoms in total. The van der Waals surface area contributed by atoms with E-state index in [1.807, 2.05) is 6.92 Å². The first-order valence-electron chi connectivity index (χ1n) is 11.1. The summed E-state index contributed by atoms with van der Waals surface area (Å²) in [6.07, 6.45) is 4.69. The van der Waals surface area contributed by atoms with Gasteiger partial charge in [-0.1, -0.05) is 31.0 Å². The molecule has 188 valence electrons. The van der Waals surface area contributed by atoms with Crippen molar-refractivity contribution >= 4 is 35.5 Å². The highest BCUT2D eigenvalue weighted by atomic mass is 35.5. The fraction of sp³-hybridized carbons (Fsp3) is 0.320. The molecule has 0 spiro atoms. The maximum Gasteiger partial charge on any atom is 0.331 e. The van der Waals surface area contributed by atoms with Gasteiger partial charge in [0.05, 0.1) is 13.2 Å². The fourth-order valence-electron chi connectivity index (χ4n) is 2.58. The Morgan fingerprint density at radius 2 is 1.60 bits per heavy atom. The molecule has 0 aliphatic carbocycles. The molecule has 2 aromatic rings. The Morgan fingerprint density at radius 1 is 0.886 bits per heavy atom. The van der Waals surface area contributed by atoms with Crippen molar-refractivity contribution in [2.45, 2.75) is 26.7 Å². The zero-order chi connectivity index (χ0) is 25.5. The van der Waals surface area contributed by atoms with Gasteiger partial charge in [0.2, 0.25) is 0 Å². The average Bonchev–Trinajstić information content (AvgIpc) is 2.86. The molecule has 0 aromatic heterocycles. The number of unbranched alkanes of at least 4 members (excludes halogenated alkanes) is 1. The lowest BCUT2D eigenvalue weighted by molar-refractivity contribution is -0.144. The van der Waals surface area contributed by atoms with Crippen molar-refractivity contribution in [1.29, 1.82) is 0 Å². The standard InChI is InChI=1S/C25H29ClN2O7/c1-3-5-14-33-21-12-6-18(15-22(21)32-4-2)7-13-25(31)35-17-24(30)28-27-23(29)16-34-20-10-8-19(26)9-11-20/h6-13,15H,3-5,14,16-17H2,1-2H3,(H,27,29)(H,28,30)/b13-7+. The van der Waals surface area contributed by atoms with E-state index in [4.69, 9.17) is 30.5 Å². The predicted molar refractivity (Wildman–Crippen MR) is 131 cm³/mol.